The lowest BCUT2D eigenvalue weighted by Gasteiger charge is -2.13. The van der Waals surface area contributed by atoms with Crippen LogP contribution >= 0.6 is 12.2 Å². The van der Waals surface area contributed by atoms with Crippen LogP contribution in [0.25, 0.3) is 11.4 Å². The Labute approximate surface area is 155 Å². The van der Waals surface area contributed by atoms with Crippen molar-refractivity contribution in [2.75, 3.05) is 21.3 Å². The summed E-state index contributed by atoms with van der Waals surface area (Å²) < 4.78 is 18.0. The van der Waals surface area contributed by atoms with Crippen molar-refractivity contribution in [3.8, 4) is 28.6 Å². The molecule has 0 spiro atoms. The number of hydrogen-bond donors (Lipinski definition) is 1. The van der Waals surface area contributed by atoms with Crippen LogP contribution in [0, 0.1) is 4.77 Å². The second kappa shape index (κ2) is 7.79. The summed E-state index contributed by atoms with van der Waals surface area (Å²) in [4.78, 5) is 3.98. The van der Waals surface area contributed by atoms with Crippen LogP contribution in [0.2, 0.25) is 0 Å². The second-order valence-corrected chi connectivity index (χ2v) is 5.49. The molecule has 9 heteroatoms. The summed E-state index contributed by atoms with van der Waals surface area (Å²) in [7, 11) is 4.66. The van der Waals surface area contributed by atoms with Gasteiger partial charge in [-0.15, -0.1) is 0 Å². The lowest BCUT2D eigenvalue weighted by molar-refractivity contribution is 0.324. The molecule has 134 valence electrons. The maximum Gasteiger partial charge on any atom is 0.216 e. The van der Waals surface area contributed by atoms with Crippen LogP contribution in [0.1, 0.15) is 5.56 Å². The summed E-state index contributed by atoms with van der Waals surface area (Å²) in [6.45, 7) is 0. The van der Waals surface area contributed by atoms with E-state index in [1.54, 1.807) is 52.1 Å². The van der Waals surface area contributed by atoms with E-state index in [2.05, 4.69) is 20.3 Å². The Morgan fingerprint density at radius 3 is 2.31 bits per heavy atom. The van der Waals surface area contributed by atoms with E-state index >= 15 is 0 Å². The van der Waals surface area contributed by atoms with Crippen molar-refractivity contribution in [1.82, 2.24) is 19.9 Å². The smallest absolute Gasteiger partial charge is 0.216 e. The van der Waals surface area contributed by atoms with Crippen molar-refractivity contribution >= 4 is 18.4 Å². The Bertz CT molecular complexity index is 957. The predicted octanol–water partition coefficient (Wildman–Crippen LogP) is 2.91. The van der Waals surface area contributed by atoms with Gasteiger partial charge in [0, 0.05) is 18.0 Å². The molecule has 0 saturated carbocycles. The van der Waals surface area contributed by atoms with Crippen molar-refractivity contribution < 1.29 is 14.2 Å². The first-order valence-corrected chi connectivity index (χ1v) is 8.01. The highest BCUT2D eigenvalue weighted by Gasteiger charge is 2.17. The molecular formula is C17H17N5O3S. The Hall–Kier alpha value is -3.20. The number of aromatic nitrogens is 4. The maximum atomic E-state index is 5.39. The van der Waals surface area contributed by atoms with Gasteiger partial charge in [0.25, 0.3) is 0 Å². The fourth-order valence-electron chi connectivity index (χ4n) is 2.37. The minimum absolute atomic E-state index is 0.360. The van der Waals surface area contributed by atoms with E-state index in [1.807, 2.05) is 12.1 Å². The molecule has 0 aliphatic carbocycles. The molecule has 8 nitrogen and oxygen atoms in total. The van der Waals surface area contributed by atoms with Gasteiger partial charge in [-0.25, -0.2) is 5.10 Å². The molecular weight excluding hydrogens is 354 g/mol. The largest absolute Gasteiger partial charge is 0.493 e. The zero-order valence-corrected chi connectivity index (χ0v) is 15.3. The van der Waals surface area contributed by atoms with Crippen molar-refractivity contribution in [3.63, 3.8) is 0 Å². The summed E-state index contributed by atoms with van der Waals surface area (Å²) in [5.41, 5.74) is 1.60. The molecule has 26 heavy (non-hydrogen) atoms. The molecule has 0 saturated heterocycles. The topological polar surface area (TPSA) is 86.6 Å². The Balaban J connectivity index is 2.09. The van der Waals surface area contributed by atoms with Crippen LogP contribution < -0.4 is 14.2 Å². The first-order valence-electron chi connectivity index (χ1n) is 7.60. The molecule has 0 fully saturated rings. The second-order valence-electron chi connectivity index (χ2n) is 5.10. The van der Waals surface area contributed by atoms with Gasteiger partial charge in [-0.2, -0.15) is 14.9 Å². The average Bonchev–Trinajstić information content (AvgIpc) is 3.06. The fourth-order valence-corrected chi connectivity index (χ4v) is 2.55. The highest BCUT2D eigenvalue weighted by molar-refractivity contribution is 7.71. The number of hydrogen-bond acceptors (Lipinski definition) is 7. The van der Waals surface area contributed by atoms with E-state index in [0.717, 1.165) is 5.56 Å². The quantitative estimate of drug-likeness (QED) is 0.530. The molecule has 0 radical (unpaired) electrons. The summed E-state index contributed by atoms with van der Waals surface area (Å²) >= 11 is 5.29. The normalized spacial score (nSPS) is 10.9. The third kappa shape index (κ3) is 3.42. The van der Waals surface area contributed by atoms with Gasteiger partial charge in [0.05, 0.1) is 27.5 Å². The standard InChI is InChI=1S/C17H17N5O3S/c1-23-13-8-12(9-14(24-2)15(13)25-3)16-20-21-17(26)22(16)19-10-11-4-6-18-7-5-11/h4-10H,1-3H3,(H,21,26). The first-order chi connectivity index (χ1) is 12.7. The van der Waals surface area contributed by atoms with Crippen LogP contribution in [0.15, 0.2) is 41.8 Å². The minimum atomic E-state index is 0.360. The number of ether oxygens (including phenoxy) is 3. The van der Waals surface area contributed by atoms with Crippen molar-refractivity contribution in [2.45, 2.75) is 0 Å². The summed E-state index contributed by atoms with van der Waals surface area (Å²) in [5.74, 6) is 2.04. The first kappa shape index (κ1) is 17.6. The molecule has 0 amide bonds. The van der Waals surface area contributed by atoms with Gasteiger partial charge in [-0.3, -0.25) is 4.98 Å². The molecule has 1 aromatic carbocycles. The third-order valence-corrected chi connectivity index (χ3v) is 3.87. The monoisotopic (exact) mass is 371 g/mol. The Kier molecular flexibility index (Phi) is 5.28. The van der Waals surface area contributed by atoms with Gasteiger partial charge >= 0.3 is 0 Å². The lowest BCUT2D eigenvalue weighted by Crippen LogP contribution is -1.99. The van der Waals surface area contributed by atoms with E-state index in [1.165, 1.54) is 4.68 Å². The van der Waals surface area contributed by atoms with Crippen LogP contribution in [-0.4, -0.2) is 47.4 Å². The molecule has 3 aromatic rings. The highest BCUT2D eigenvalue weighted by Crippen LogP contribution is 2.40. The number of H-pyrrole nitrogens is 1. The predicted molar refractivity (Wildman–Crippen MR) is 99.7 cm³/mol. The van der Waals surface area contributed by atoms with E-state index < -0.39 is 0 Å². The van der Waals surface area contributed by atoms with Crippen LogP contribution in [0.4, 0.5) is 0 Å². The van der Waals surface area contributed by atoms with E-state index in [-0.39, 0.29) is 0 Å². The lowest BCUT2D eigenvalue weighted by atomic mass is 10.1. The molecule has 0 bridgehead atoms. The van der Waals surface area contributed by atoms with E-state index in [9.17, 15) is 0 Å². The van der Waals surface area contributed by atoms with Crippen molar-refractivity contribution in [1.29, 1.82) is 0 Å². The zero-order chi connectivity index (χ0) is 18.5. The minimum Gasteiger partial charge on any atom is -0.493 e. The third-order valence-electron chi connectivity index (χ3n) is 3.60. The van der Waals surface area contributed by atoms with Gasteiger partial charge in [0.2, 0.25) is 10.5 Å². The zero-order valence-electron chi connectivity index (χ0n) is 14.5. The number of aromatic amines is 1. The Morgan fingerprint density at radius 2 is 1.73 bits per heavy atom. The van der Waals surface area contributed by atoms with Crippen LogP contribution in [0.5, 0.6) is 17.2 Å². The number of nitrogens with zero attached hydrogens (tertiary/aromatic N) is 4. The molecule has 2 aromatic heterocycles. The molecule has 0 atom stereocenters. The van der Waals surface area contributed by atoms with E-state index in [4.69, 9.17) is 26.4 Å². The summed E-state index contributed by atoms with van der Waals surface area (Å²) in [5, 5.41) is 11.4. The van der Waals surface area contributed by atoms with Gasteiger partial charge in [0.1, 0.15) is 0 Å². The van der Waals surface area contributed by atoms with Crippen LogP contribution in [-0.2, 0) is 0 Å². The average molecular weight is 371 g/mol. The van der Waals surface area contributed by atoms with Crippen molar-refractivity contribution in [3.05, 3.63) is 47.0 Å². The molecule has 0 aliphatic rings. The maximum absolute atomic E-state index is 5.39. The van der Waals surface area contributed by atoms with Crippen molar-refractivity contribution in [2.24, 2.45) is 5.10 Å². The molecule has 0 aliphatic heterocycles. The highest BCUT2D eigenvalue weighted by atomic mass is 32.1. The number of nitrogens with one attached hydrogen (secondary N) is 1. The molecule has 0 unspecified atom stereocenters. The molecule has 3 rings (SSSR count). The van der Waals surface area contributed by atoms with E-state index in [0.29, 0.717) is 33.4 Å². The van der Waals surface area contributed by atoms with Gasteiger partial charge in [-0.05, 0) is 42.0 Å². The summed E-state index contributed by atoms with van der Waals surface area (Å²) in [6, 6.07) is 7.24. The van der Waals surface area contributed by atoms with Gasteiger partial charge < -0.3 is 14.2 Å². The Morgan fingerprint density at radius 1 is 1.08 bits per heavy atom. The molecule has 2 heterocycles. The number of methoxy groups -OCH3 is 3. The van der Waals surface area contributed by atoms with Crippen LogP contribution in [0.3, 0.4) is 0 Å². The number of pyridine rings is 1. The summed E-state index contributed by atoms with van der Waals surface area (Å²) in [6.07, 6.45) is 5.06. The van der Waals surface area contributed by atoms with Gasteiger partial charge in [0.15, 0.2) is 17.3 Å². The fraction of sp³-hybridized carbons (Fsp3) is 0.176. The van der Waals surface area contributed by atoms with Gasteiger partial charge in [-0.1, -0.05) is 0 Å². The SMILES string of the molecule is COc1cc(-c2n[nH]c(=S)n2N=Cc2ccncc2)cc(OC)c1OC. The number of rotatable bonds is 6. The molecule has 1 N–H and O–H groups in total. The number of benzene rings is 1.